The third kappa shape index (κ3) is 3.22. The van der Waals surface area contributed by atoms with Crippen molar-refractivity contribution in [2.75, 3.05) is 11.4 Å². The molecule has 0 aliphatic carbocycles. The zero-order chi connectivity index (χ0) is 19.9. The van der Waals surface area contributed by atoms with Gasteiger partial charge >= 0.3 is 6.18 Å². The normalized spacial score (nSPS) is 23.5. The van der Waals surface area contributed by atoms with Crippen molar-refractivity contribution in [2.24, 2.45) is 0 Å². The lowest BCUT2D eigenvalue weighted by Gasteiger charge is -2.33. The van der Waals surface area contributed by atoms with E-state index < -0.39 is 11.7 Å². The van der Waals surface area contributed by atoms with E-state index in [2.05, 4.69) is 48.3 Å². The molecule has 2 heterocycles. The number of rotatable bonds is 4. The fourth-order valence-electron chi connectivity index (χ4n) is 4.62. The van der Waals surface area contributed by atoms with Gasteiger partial charge in [0.15, 0.2) is 0 Å². The Balaban J connectivity index is 1.67. The molecule has 2 aromatic carbocycles. The Morgan fingerprint density at radius 1 is 1.14 bits per heavy atom. The number of hydrogen-bond donors (Lipinski definition) is 1. The zero-order valence-corrected chi connectivity index (χ0v) is 16.2. The van der Waals surface area contributed by atoms with Crippen molar-refractivity contribution < 1.29 is 13.2 Å². The standard InChI is InChI=1S/C23H25F3N2/c1-16(2)11-12-22-13-14-27-21(22)28(20-6-4-3-5-19(20)22)15-17-7-9-18(10-8-17)23(24,25)26/h3-11,21,27H,12-15H2,1-2H3. The maximum absolute atomic E-state index is 12.9. The summed E-state index contributed by atoms with van der Waals surface area (Å²) in [7, 11) is 0. The van der Waals surface area contributed by atoms with Gasteiger partial charge in [0.2, 0.25) is 0 Å². The van der Waals surface area contributed by atoms with Crippen LogP contribution in [0.1, 0.15) is 43.4 Å². The van der Waals surface area contributed by atoms with Crippen LogP contribution >= 0.6 is 0 Å². The van der Waals surface area contributed by atoms with Crippen LogP contribution in [0.4, 0.5) is 18.9 Å². The molecule has 2 aliphatic rings. The zero-order valence-electron chi connectivity index (χ0n) is 16.2. The Hall–Kier alpha value is -2.27. The highest BCUT2D eigenvalue weighted by atomic mass is 19.4. The molecule has 1 saturated heterocycles. The largest absolute Gasteiger partial charge is 0.416 e. The molecule has 28 heavy (non-hydrogen) atoms. The van der Waals surface area contributed by atoms with Crippen LogP contribution < -0.4 is 10.2 Å². The second kappa shape index (κ2) is 6.96. The minimum atomic E-state index is -4.30. The molecule has 0 saturated carbocycles. The Kier molecular flexibility index (Phi) is 4.74. The fourth-order valence-corrected chi connectivity index (χ4v) is 4.62. The maximum Gasteiger partial charge on any atom is 0.416 e. The minimum Gasteiger partial charge on any atom is -0.350 e. The van der Waals surface area contributed by atoms with Gasteiger partial charge in [-0.05, 0) is 62.6 Å². The van der Waals surface area contributed by atoms with Crippen molar-refractivity contribution in [1.29, 1.82) is 0 Å². The lowest BCUT2D eigenvalue weighted by molar-refractivity contribution is -0.137. The molecule has 4 rings (SSSR count). The SMILES string of the molecule is CC(C)=CCC12CCNC1N(Cc1ccc(C(F)(F)F)cc1)c1ccccc12. The number of para-hydroxylation sites is 1. The third-order valence-corrected chi connectivity index (χ3v) is 6.00. The molecule has 0 bridgehead atoms. The van der Waals surface area contributed by atoms with Crippen LogP contribution in [0.3, 0.4) is 0 Å². The first-order valence-electron chi connectivity index (χ1n) is 9.70. The van der Waals surface area contributed by atoms with Gasteiger partial charge in [-0.15, -0.1) is 0 Å². The molecule has 2 aromatic rings. The third-order valence-electron chi connectivity index (χ3n) is 6.00. The lowest BCUT2D eigenvalue weighted by Crippen LogP contribution is -2.47. The van der Waals surface area contributed by atoms with E-state index in [0.717, 1.165) is 24.9 Å². The topological polar surface area (TPSA) is 15.3 Å². The molecule has 5 heteroatoms. The molecule has 1 fully saturated rings. The summed E-state index contributed by atoms with van der Waals surface area (Å²) in [6, 6.07) is 14.0. The fraction of sp³-hybridized carbons (Fsp3) is 0.391. The van der Waals surface area contributed by atoms with Crippen molar-refractivity contribution in [3.8, 4) is 0 Å². The molecule has 0 spiro atoms. The van der Waals surface area contributed by atoms with Crippen molar-refractivity contribution in [1.82, 2.24) is 5.32 Å². The Morgan fingerprint density at radius 2 is 1.86 bits per heavy atom. The molecule has 2 nitrogen and oxygen atoms in total. The highest BCUT2D eigenvalue weighted by Gasteiger charge is 2.52. The van der Waals surface area contributed by atoms with E-state index in [4.69, 9.17) is 0 Å². The summed E-state index contributed by atoms with van der Waals surface area (Å²) in [6.07, 6.45) is 0.182. The first kappa shape index (κ1) is 19.1. The summed E-state index contributed by atoms with van der Waals surface area (Å²) >= 11 is 0. The van der Waals surface area contributed by atoms with Crippen molar-refractivity contribution in [3.63, 3.8) is 0 Å². The number of benzene rings is 2. The van der Waals surface area contributed by atoms with Crippen LogP contribution in [-0.4, -0.2) is 12.7 Å². The Morgan fingerprint density at radius 3 is 2.54 bits per heavy atom. The van der Waals surface area contributed by atoms with Crippen LogP contribution in [0.2, 0.25) is 0 Å². The first-order valence-corrected chi connectivity index (χ1v) is 9.70. The van der Waals surface area contributed by atoms with Crippen LogP contribution in [0.15, 0.2) is 60.2 Å². The van der Waals surface area contributed by atoms with Crippen LogP contribution in [0, 0.1) is 0 Å². The van der Waals surface area contributed by atoms with Gasteiger partial charge < -0.3 is 4.90 Å². The van der Waals surface area contributed by atoms with E-state index in [1.54, 1.807) is 12.1 Å². The molecule has 0 amide bonds. The number of halogens is 3. The molecule has 1 N–H and O–H groups in total. The minimum absolute atomic E-state index is 0.0137. The Bertz CT molecular complexity index is 881. The van der Waals surface area contributed by atoms with E-state index in [-0.39, 0.29) is 11.6 Å². The van der Waals surface area contributed by atoms with E-state index in [1.165, 1.54) is 29.0 Å². The number of alkyl halides is 3. The summed E-state index contributed by atoms with van der Waals surface area (Å²) in [5.41, 5.74) is 4.12. The van der Waals surface area contributed by atoms with Crippen molar-refractivity contribution in [2.45, 2.75) is 51.0 Å². The van der Waals surface area contributed by atoms with Crippen molar-refractivity contribution >= 4 is 5.69 Å². The lowest BCUT2D eigenvalue weighted by atomic mass is 9.76. The number of nitrogens with one attached hydrogen (secondary N) is 1. The van der Waals surface area contributed by atoms with E-state index in [1.807, 2.05) is 6.07 Å². The van der Waals surface area contributed by atoms with Crippen molar-refractivity contribution in [3.05, 3.63) is 76.9 Å². The number of fused-ring (bicyclic) bond motifs is 3. The average molecular weight is 386 g/mol. The average Bonchev–Trinajstić information content (AvgIpc) is 3.18. The van der Waals surface area contributed by atoms with E-state index in [0.29, 0.717) is 6.54 Å². The highest BCUT2D eigenvalue weighted by molar-refractivity contribution is 5.65. The quantitative estimate of drug-likeness (QED) is 0.684. The summed E-state index contributed by atoms with van der Waals surface area (Å²) in [6.45, 7) is 5.77. The van der Waals surface area contributed by atoms with Crippen LogP contribution in [0.5, 0.6) is 0 Å². The molecular weight excluding hydrogens is 361 g/mol. The van der Waals surface area contributed by atoms with Gasteiger partial charge in [-0.3, -0.25) is 5.32 Å². The van der Waals surface area contributed by atoms with E-state index in [9.17, 15) is 13.2 Å². The van der Waals surface area contributed by atoms with E-state index >= 15 is 0 Å². The second-order valence-electron chi connectivity index (χ2n) is 8.09. The number of nitrogens with zero attached hydrogens (tertiary/aromatic N) is 1. The van der Waals surface area contributed by atoms with Gasteiger partial charge in [0.25, 0.3) is 0 Å². The van der Waals surface area contributed by atoms with Crippen LogP contribution in [-0.2, 0) is 18.1 Å². The summed E-state index contributed by atoms with van der Waals surface area (Å²) in [5, 5.41) is 3.65. The smallest absolute Gasteiger partial charge is 0.350 e. The maximum atomic E-state index is 12.9. The number of hydrogen-bond acceptors (Lipinski definition) is 2. The molecule has 0 radical (unpaired) electrons. The van der Waals surface area contributed by atoms with Gasteiger partial charge in [-0.1, -0.05) is 42.0 Å². The van der Waals surface area contributed by atoms with Crippen LogP contribution in [0.25, 0.3) is 0 Å². The summed E-state index contributed by atoms with van der Waals surface area (Å²) < 4.78 is 38.6. The molecule has 0 aromatic heterocycles. The van der Waals surface area contributed by atoms with Gasteiger partial charge in [0.1, 0.15) is 0 Å². The van der Waals surface area contributed by atoms with Gasteiger partial charge in [-0.25, -0.2) is 0 Å². The highest BCUT2D eigenvalue weighted by Crippen LogP contribution is 2.51. The summed E-state index contributed by atoms with van der Waals surface area (Å²) in [4.78, 5) is 2.32. The number of allylic oxidation sites excluding steroid dienone is 2. The monoisotopic (exact) mass is 386 g/mol. The molecular formula is C23H25F3N2. The summed E-state index contributed by atoms with van der Waals surface area (Å²) in [5.74, 6) is 0. The molecule has 2 unspecified atom stereocenters. The molecule has 148 valence electrons. The molecule has 2 aliphatic heterocycles. The molecule has 2 atom stereocenters. The first-order chi connectivity index (χ1) is 13.3. The van der Waals surface area contributed by atoms with Gasteiger partial charge in [0.05, 0.1) is 11.7 Å². The predicted molar refractivity (Wildman–Crippen MR) is 106 cm³/mol. The second-order valence-corrected chi connectivity index (χ2v) is 8.09. The number of anilines is 1. The Labute approximate surface area is 164 Å². The van der Waals surface area contributed by atoms with Gasteiger partial charge in [0, 0.05) is 17.6 Å². The van der Waals surface area contributed by atoms with Gasteiger partial charge in [-0.2, -0.15) is 13.2 Å². The predicted octanol–water partition coefficient (Wildman–Crippen LogP) is 5.64.